The van der Waals surface area contributed by atoms with Gasteiger partial charge in [-0.05, 0) is 19.1 Å². The lowest BCUT2D eigenvalue weighted by Gasteiger charge is -2.03. The standard InChI is InChI=1S/C19H17NO5S/c1-12(19(21)22)18-20-16(17(25-18)14-6-4-3-5-7-14)13-8-10-15(11-9-13)26(2,23)24/h3-12H,1-2H3,(H,21,22). The smallest absolute Gasteiger partial charge is 0.315 e. The molecule has 0 saturated carbocycles. The molecule has 134 valence electrons. The van der Waals surface area contributed by atoms with Crippen molar-refractivity contribution in [2.24, 2.45) is 0 Å². The molecule has 1 unspecified atom stereocenters. The molecule has 1 N–H and O–H groups in total. The van der Waals surface area contributed by atoms with Crippen LogP contribution in [0, 0.1) is 0 Å². The summed E-state index contributed by atoms with van der Waals surface area (Å²) in [6, 6.07) is 15.5. The minimum absolute atomic E-state index is 0.0959. The SMILES string of the molecule is CC(C(=O)O)c1nc(-c2ccc(S(C)(=O)=O)cc2)c(-c2ccccc2)o1. The third kappa shape index (κ3) is 3.52. The van der Waals surface area contributed by atoms with Crippen LogP contribution in [0.3, 0.4) is 0 Å². The lowest BCUT2D eigenvalue weighted by Crippen LogP contribution is -2.07. The van der Waals surface area contributed by atoms with Gasteiger partial charge in [-0.25, -0.2) is 13.4 Å². The Morgan fingerprint density at radius 2 is 1.65 bits per heavy atom. The molecule has 1 aromatic heterocycles. The minimum Gasteiger partial charge on any atom is -0.481 e. The molecule has 3 rings (SSSR count). The fourth-order valence-electron chi connectivity index (χ4n) is 2.47. The molecule has 1 atom stereocenters. The van der Waals surface area contributed by atoms with E-state index in [9.17, 15) is 18.3 Å². The number of carbonyl (C=O) groups is 1. The molecule has 0 radical (unpaired) electrons. The maximum Gasteiger partial charge on any atom is 0.315 e. The van der Waals surface area contributed by atoms with Gasteiger partial charge < -0.3 is 9.52 Å². The van der Waals surface area contributed by atoms with Gasteiger partial charge in [0.1, 0.15) is 11.6 Å². The van der Waals surface area contributed by atoms with Crippen LogP contribution in [0.5, 0.6) is 0 Å². The summed E-state index contributed by atoms with van der Waals surface area (Å²) in [5.41, 5.74) is 1.87. The van der Waals surface area contributed by atoms with Crippen molar-refractivity contribution in [1.29, 1.82) is 0 Å². The first-order chi connectivity index (χ1) is 12.3. The Kier molecular flexibility index (Phi) is 4.65. The Hall–Kier alpha value is -2.93. The highest BCUT2D eigenvalue weighted by atomic mass is 32.2. The van der Waals surface area contributed by atoms with E-state index in [2.05, 4.69) is 4.98 Å². The normalized spacial score (nSPS) is 12.7. The fraction of sp³-hybridized carbons (Fsp3) is 0.158. The van der Waals surface area contributed by atoms with E-state index < -0.39 is 21.7 Å². The van der Waals surface area contributed by atoms with Crippen LogP contribution in [0.4, 0.5) is 0 Å². The third-order valence-corrected chi connectivity index (χ3v) is 5.10. The maximum atomic E-state index is 11.6. The predicted octanol–water partition coefficient (Wildman–Crippen LogP) is 3.60. The van der Waals surface area contributed by atoms with Crippen molar-refractivity contribution >= 4 is 15.8 Å². The maximum absolute atomic E-state index is 11.6. The zero-order valence-electron chi connectivity index (χ0n) is 14.2. The number of aliphatic carboxylic acids is 1. The summed E-state index contributed by atoms with van der Waals surface area (Å²) in [6.07, 6.45) is 1.14. The number of rotatable bonds is 5. The molecule has 0 aliphatic heterocycles. The van der Waals surface area contributed by atoms with Crippen molar-refractivity contribution in [3.63, 3.8) is 0 Å². The Balaban J connectivity index is 2.14. The van der Waals surface area contributed by atoms with Crippen LogP contribution in [-0.4, -0.2) is 30.7 Å². The van der Waals surface area contributed by atoms with Crippen LogP contribution >= 0.6 is 0 Å². The van der Waals surface area contributed by atoms with Gasteiger partial charge >= 0.3 is 5.97 Å². The van der Waals surface area contributed by atoms with Crippen LogP contribution < -0.4 is 0 Å². The molecule has 26 heavy (non-hydrogen) atoms. The van der Waals surface area contributed by atoms with Gasteiger partial charge in [-0.2, -0.15) is 0 Å². The fourth-order valence-corrected chi connectivity index (χ4v) is 3.10. The van der Waals surface area contributed by atoms with E-state index in [1.165, 1.54) is 19.1 Å². The molecule has 0 amide bonds. The van der Waals surface area contributed by atoms with E-state index in [1.807, 2.05) is 30.3 Å². The largest absolute Gasteiger partial charge is 0.481 e. The van der Waals surface area contributed by atoms with Gasteiger partial charge in [0.25, 0.3) is 0 Å². The van der Waals surface area contributed by atoms with E-state index in [4.69, 9.17) is 4.42 Å². The van der Waals surface area contributed by atoms with Crippen molar-refractivity contribution < 1.29 is 22.7 Å². The number of nitrogens with zero attached hydrogens (tertiary/aromatic N) is 1. The number of aromatic nitrogens is 1. The Bertz CT molecular complexity index is 1040. The molecule has 2 aromatic carbocycles. The molecular formula is C19H17NO5S. The van der Waals surface area contributed by atoms with Gasteiger partial charge in [0.2, 0.25) is 5.89 Å². The number of oxazole rings is 1. The summed E-state index contributed by atoms with van der Waals surface area (Å²) in [5.74, 6) is -1.40. The summed E-state index contributed by atoms with van der Waals surface area (Å²) in [5, 5.41) is 9.24. The topological polar surface area (TPSA) is 97.5 Å². The summed E-state index contributed by atoms with van der Waals surface area (Å²) in [4.78, 5) is 15.9. The lowest BCUT2D eigenvalue weighted by atomic mass is 10.1. The van der Waals surface area contributed by atoms with Crippen molar-refractivity contribution in [3.8, 4) is 22.6 Å². The first kappa shape index (κ1) is 17.9. The van der Waals surface area contributed by atoms with Gasteiger partial charge in [0, 0.05) is 17.4 Å². The molecule has 0 spiro atoms. The van der Waals surface area contributed by atoms with E-state index >= 15 is 0 Å². The summed E-state index contributed by atoms with van der Waals surface area (Å²) in [7, 11) is -3.31. The average Bonchev–Trinajstić information content (AvgIpc) is 3.06. The van der Waals surface area contributed by atoms with Crippen molar-refractivity contribution in [1.82, 2.24) is 4.98 Å². The summed E-state index contributed by atoms with van der Waals surface area (Å²) < 4.78 is 29.0. The summed E-state index contributed by atoms with van der Waals surface area (Å²) in [6.45, 7) is 1.50. The number of hydrogen-bond donors (Lipinski definition) is 1. The van der Waals surface area contributed by atoms with Crippen LogP contribution in [-0.2, 0) is 14.6 Å². The highest BCUT2D eigenvalue weighted by molar-refractivity contribution is 7.90. The highest BCUT2D eigenvalue weighted by Gasteiger charge is 2.24. The van der Waals surface area contributed by atoms with Crippen LogP contribution in [0.2, 0.25) is 0 Å². The third-order valence-electron chi connectivity index (χ3n) is 3.98. The van der Waals surface area contributed by atoms with E-state index in [1.54, 1.807) is 12.1 Å². The second-order valence-electron chi connectivity index (χ2n) is 5.95. The molecule has 0 aliphatic rings. The molecular weight excluding hydrogens is 354 g/mol. The Morgan fingerprint density at radius 1 is 1.04 bits per heavy atom. The van der Waals surface area contributed by atoms with Gasteiger partial charge in [0.15, 0.2) is 15.6 Å². The molecule has 3 aromatic rings. The van der Waals surface area contributed by atoms with Crippen molar-refractivity contribution in [2.75, 3.05) is 6.26 Å². The van der Waals surface area contributed by atoms with Crippen LogP contribution in [0.15, 0.2) is 63.9 Å². The number of benzene rings is 2. The van der Waals surface area contributed by atoms with Gasteiger partial charge in [-0.1, -0.05) is 42.5 Å². The molecule has 0 bridgehead atoms. The first-order valence-electron chi connectivity index (χ1n) is 7.87. The van der Waals surface area contributed by atoms with Crippen molar-refractivity contribution in [3.05, 3.63) is 60.5 Å². The van der Waals surface area contributed by atoms with Gasteiger partial charge in [-0.15, -0.1) is 0 Å². The number of carboxylic acid groups (broad SMARTS) is 1. The Morgan fingerprint density at radius 3 is 2.19 bits per heavy atom. The van der Waals surface area contributed by atoms with Crippen LogP contribution in [0.25, 0.3) is 22.6 Å². The molecule has 0 fully saturated rings. The lowest BCUT2D eigenvalue weighted by molar-refractivity contribution is -0.138. The zero-order valence-corrected chi connectivity index (χ0v) is 15.0. The number of sulfone groups is 1. The zero-order chi connectivity index (χ0) is 18.9. The summed E-state index contributed by atoms with van der Waals surface area (Å²) >= 11 is 0. The molecule has 1 heterocycles. The minimum atomic E-state index is -3.31. The monoisotopic (exact) mass is 371 g/mol. The predicted molar refractivity (Wildman–Crippen MR) is 96.5 cm³/mol. The second kappa shape index (κ2) is 6.76. The molecule has 6 nitrogen and oxygen atoms in total. The van der Waals surface area contributed by atoms with E-state index in [-0.39, 0.29) is 10.8 Å². The van der Waals surface area contributed by atoms with E-state index in [0.717, 1.165) is 11.8 Å². The average molecular weight is 371 g/mol. The highest BCUT2D eigenvalue weighted by Crippen LogP contribution is 2.35. The Labute approximate surface area is 151 Å². The van der Waals surface area contributed by atoms with Gasteiger partial charge in [0.05, 0.1) is 4.90 Å². The number of carboxylic acids is 1. The number of hydrogen-bond acceptors (Lipinski definition) is 5. The quantitative estimate of drug-likeness (QED) is 0.736. The molecule has 7 heteroatoms. The molecule has 0 saturated heterocycles. The molecule has 0 aliphatic carbocycles. The first-order valence-corrected chi connectivity index (χ1v) is 9.76. The van der Waals surface area contributed by atoms with Gasteiger partial charge in [-0.3, -0.25) is 4.79 Å². The van der Waals surface area contributed by atoms with Crippen LogP contribution in [0.1, 0.15) is 18.7 Å². The van der Waals surface area contributed by atoms with E-state index in [0.29, 0.717) is 17.0 Å². The van der Waals surface area contributed by atoms with Crippen molar-refractivity contribution in [2.45, 2.75) is 17.7 Å². The second-order valence-corrected chi connectivity index (χ2v) is 7.97.